The third kappa shape index (κ3) is 4.15. The van der Waals surface area contributed by atoms with Crippen LogP contribution in [0.2, 0.25) is 5.02 Å². The Morgan fingerprint density at radius 3 is 2.68 bits per heavy atom. The zero-order valence-electron chi connectivity index (χ0n) is 12.2. The first kappa shape index (κ1) is 18.5. The number of hydrogen-bond acceptors (Lipinski definition) is 5. The van der Waals surface area contributed by atoms with Crippen molar-refractivity contribution >= 4 is 21.9 Å². The molecular formula is C13H15ClNNaO5S. The number of rotatable bonds is 3. The van der Waals surface area contributed by atoms with E-state index in [0.717, 1.165) is 25.7 Å². The molecule has 0 radical (unpaired) electrons. The summed E-state index contributed by atoms with van der Waals surface area (Å²) >= 11 is 5.98. The minimum absolute atomic E-state index is 0. The van der Waals surface area contributed by atoms with E-state index in [2.05, 4.69) is 4.18 Å². The van der Waals surface area contributed by atoms with Crippen molar-refractivity contribution in [3.8, 4) is 5.75 Å². The van der Waals surface area contributed by atoms with Gasteiger partial charge in [0, 0.05) is 23.4 Å². The molecule has 22 heavy (non-hydrogen) atoms. The molecule has 2 aliphatic rings. The van der Waals surface area contributed by atoms with Gasteiger partial charge in [-0.3, -0.25) is 4.18 Å². The van der Waals surface area contributed by atoms with Gasteiger partial charge in [-0.1, -0.05) is 11.6 Å². The smallest absolute Gasteiger partial charge is 0.540 e. The van der Waals surface area contributed by atoms with E-state index in [-0.39, 0.29) is 36.2 Å². The normalized spacial score (nSPS) is 22.7. The molecule has 1 aromatic rings. The quantitative estimate of drug-likeness (QED) is 0.732. The SMILES string of the molecule is [NH-]S(=O)(=O)OCC1OC2(CCCC2)Oc2ccc(Cl)cc21.[Na+]. The van der Waals surface area contributed by atoms with E-state index in [1.165, 1.54) is 0 Å². The minimum atomic E-state index is -4.28. The second-order valence-corrected chi connectivity index (χ2v) is 6.83. The molecule has 116 valence electrons. The van der Waals surface area contributed by atoms with Crippen LogP contribution in [0.3, 0.4) is 0 Å². The molecule has 0 amide bonds. The van der Waals surface area contributed by atoms with Crippen LogP contribution in [0.25, 0.3) is 5.14 Å². The maximum atomic E-state index is 10.9. The average molecular weight is 356 g/mol. The third-order valence-electron chi connectivity index (χ3n) is 3.71. The molecule has 0 aromatic heterocycles. The van der Waals surface area contributed by atoms with Gasteiger partial charge in [0.1, 0.15) is 11.9 Å². The zero-order chi connectivity index (χ0) is 15.1. The number of benzene rings is 1. The predicted molar refractivity (Wildman–Crippen MR) is 76.3 cm³/mol. The Kier molecular flexibility index (Phi) is 5.83. The van der Waals surface area contributed by atoms with Gasteiger partial charge >= 0.3 is 29.6 Å². The van der Waals surface area contributed by atoms with E-state index >= 15 is 0 Å². The van der Waals surface area contributed by atoms with Crippen molar-refractivity contribution in [1.82, 2.24) is 0 Å². The van der Waals surface area contributed by atoms with Crippen LogP contribution in [0.1, 0.15) is 37.4 Å². The van der Waals surface area contributed by atoms with Crippen LogP contribution in [-0.2, 0) is 19.2 Å². The minimum Gasteiger partial charge on any atom is -0.540 e. The van der Waals surface area contributed by atoms with Gasteiger partial charge in [-0.15, -0.1) is 0 Å². The van der Waals surface area contributed by atoms with Gasteiger partial charge in [0.2, 0.25) is 5.79 Å². The molecule has 1 atom stereocenters. The standard InChI is InChI=1S/C13H15ClNO5S.Na/c14-9-3-4-11-10(7-9)12(8-18-21(15,16)17)20-13(19-11)5-1-2-6-13;/h3-4,7,12H,1-2,5-6,8H2,(H-,15,16,17);/q-1;+1. The number of halogens is 1. The van der Waals surface area contributed by atoms with E-state index < -0.39 is 22.2 Å². The van der Waals surface area contributed by atoms with Gasteiger partial charge in [0.15, 0.2) is 10.3 Å². The first-order valence-corrected chi connectivity index (χ1v) is 8.46. The van der Waals surface area contributed by atoms with Crippen LogP contribution in [0.4, 0.5) is 0 Å². The molecule has 1 aliphatic carbocycles. The number of fused-ring (bicyclic) bond motifs is 1. The van der Waals surface area contributed by atoms with Gasteiger partial charge < -0.3 is 14.6 Å². The van der Waals surface area contributed by atoms with E-state index in [9.17, 15) is 8.42 Å². The molecule has 1 unspecified atom stereocenters. The molecule has 0 saturated heterocycles. The van der Waals surface area contributed by atoms with E-state index in [4.69, 9.17) is 26.2 Å². The maximum Gasteiger partial charge on any atom is 1.00 e. The monoisotopic (exact) mass is 355 g/mol. The van der Waals surface area contributed by atoms with Crippen LogP contribution < -0.4 is 34.3 Å². The fourth-order valence-corrected chi connectivity index (χ4v) is 3.30. The van der Waals surface area contributed by atoms with Gasteiger partial charge in [-0.05, 0) is 31.0 Å². The molecule has 6 nitrogen and oxygen atoms in total. The summed E-state index contributed by atoms with van der Waals surface area (Å²) in [6, 6.07) is 5.14. The average Bonchev–Trinajstić information content (AvgIpc) is 2.84. The largest absolute Gasteiger partial charge is 1.00 e. The van der Waals surface area contributed by atoms with Crippen molar-refractivity contribution in [2.75, 3.05) is 6.61 Å². The van der Waals surface area contributed by atoms with Crippen molar-refractivity contribution in [2.24, 2.45) is 0 Å². The summed E-state index contributed by atoms with van der Waals surface area (Å²) in [5.74, 6) is -0.0933. The van der Waals surface area contributed by atoms with Crippen LogP contribution in [0.15, 0.2) is 18.2 Å². The fourth-order valence-electron chi connectivity index (χ4n) is 2.82. The van der Waals surface area contributed by atoms with Crippen LogP contribution in [0, 0.1) is 0 Å². The van der Waals surface area contributed by atoms with Crippen LogP contribution in [-0.4, -0.2) is 20.8 Å². The Bertz CT molecular complexity index is 648. The third-order valence-corrected chi connectivity index (χ3v) is 4.39. The topological polar surface area (TPSA) is 85.6 Å². The Hall–Kier alpha value is 0.140. The van der Waals surface area contributed by atoms with Crippen LogP contribution >= 0.6 is 11.6 Å². The molecule has 1 fully saturated rings. The summed E-state index contributed by atoms with van der Waals surface area (Å²) in [5, 5.41) is 7.32. The molecule has 0 bridgehead atoms. The molecule has 1 heterocycles. The summed E-state index contributed by atoms with van der Waals surface area (Å²) in [6.45, 7) is -0.260. The first-order valence-electron chi connectivity index (χ1n) is 6.67. The van der Waals surface area contributed by atoms with Crippen molar-refractivity contribution < 1.29 is 51.6 Å². The molecule has 9 heteroatoms. The van der Waals surface area contributed by atoms with Crippen molar-refractivity contribution in [3.05, 3.63) is 33.9 Å². The molecule has 3 rings (SSSR count). The number of hydrogen-bond donors (Lipinski definition) is 0. The summed E-state index contributed by atoms with van der Waals surface area (Å²) < 4.78 is 38.3. The molecular weight excluding hydrogens is 341 g/mol. The molecule has 1 aromatic carbocycles. The van der Waals surface area contributed by atoms with Crippen molar-refractivity contribution in [1.29, 1.82) is 0 Å². The van der Waals surface area contributed by atoms with Gasteiger partial charge in [-0.2, -0.15) is 0 Å². The van der Waals surface area contributed by atoms with Crippen molar-refractivity contribution in [3.63, 3.8) is 0 Å². The van der Waals surface area contributed by atoms with E-state index in [0.29, 0.717) is 16.3 Å². The van der Waals surface area contributed by atoms with Gasteiger partial charge in [0.25, 0.3) is 0 Å². The summed E-state index contributed by atoms with van der Waals surface area (Å²) in [5.41, 5.74) is 0.642. The molecule has 1 spiro atoms. The fraction of sp³-hybridized carbons (Fsp3) is 0.538. The molecule has 1 N–H and O–H groups in total. The second-order valence-electron chi connectivity index (χ2n) is 5.25. The zero-order valence-corrected chi connectivity index (χ0v) is 15.7. The Balaban J connectivity index is 0.00000176. The number of nitrogens with one attached hydrogen (secondary N) is 1. The summed E-state index contributed by atoms with van der Waals surface area (Å²) in [4.78, 5) is 0. The Morgan fingerprint density at radius 2 is 2.05 bits per heavy atom. The van der Waals surface area contributed by atoms with Gasteiger partial charge in [-0.25, -0.2) is 8.42 Å². The molecule has 1 aliphatic heterocycles. The van der Waals surface area contributed by atoms with E-state index in [1.807, 2.05) is 0 Å². The number of ether oxygens (including phenoxy) is 2. The maximum absolute atomic E-state index is 10.9. The van der Waals surface area contributed by atoms with Crippen LogP contribution in [0.5, 0.6) is 5.75 Å². The van der Waals surface area contributed by atoms with Gasteiger partial charge in [0.05, 0.1) is 6.61 Å². The molecule has 1 saturated carbocycles. The Morgan fingerprint density at radius 1 is 1.36 bits per heavy atom. The Labute approximate surface area is 156 Å². The first-order chi connectivity index (χ1) is 9.87. The predicted octanol–water partition coefficient (Wildman–Crippen LogP) is 0.378. The van der Waals surface area contributed by atoms with E-state index in [1.54, 1.807) is 18.2 Å². The van der Waals surface area contributed by atoms with Crippen molar-refractivity contribution in [2.45, 2.75) is 37.6 Å². The summed E-state index contributed by atoms with van der Waals surface area (Å²) in [6.07, 6.45) is 2.87. The summed E-state index contributed by atoms with van der Waals surface area (Å²) in [7, 11) is -4.28. The second kappa shape index (κ2) is 6.94.